The average molecular weight is 251 g/mol. The molecule has 0 amide bonds. The Balaban J connectivity index is 2.58. The summed E-state index contributed by atoms with van der Waals surface area (Å²) in [6.45, 7) is 2.81. The van der Waals surface area contributed by atoms with Crippen LogP contribution < -0.4 is 0 Å². The van der Waals surface area contributed by atoms with E-state index in [0.717, 1.165) is 5.56 Å². The molecule has 1 aromatic carbocycles. The molecule has 0 radical (unpaired) electrons. The molecule has 5 heteroatoms. The van der Waals surface area contributed by atoms with Crippen LogP contribution in [0.4, 0.5) is 0 Å². The summed E-state index contributed by atoms with van der Waals surface area (Å²) in [6.07, 6.45) is 0.241. The molecule has 0 saturated carbocycles. The van der Waals surface area contributed by atoms with Crippen LogP contribution in [-0.2, 0) is 16.0 Å². The van der Waals surface area contributed by atoms with Crippen LogP contribution in [0.2, 0.25) is 0 Å². The summed E-state index contributed by atoms with van der Waals surface area (Å²) in [6, 6.07) is 8.67. The molecule has 0 bridgehead atoms. The van der Waals surface area contributed by atoms with Gasteiger partial charge in [0.05, 0.1) is 0 Å². The highest BCUT2D eigenvalue weighted by Crippen LogP contribution is 2.12. The van der Waals surface area contributed by atoms with Crippen molar-refractivity contribution >= 4 is 5.97 Å². The van der Waals surface area contributed by atoms with Crippen LogP contribution in [0.1, 0.15) is 25.8 Å². The highest BCUT2D eigenvalue weighted by Gasteiger charge is 2.29. The van der Waals surface area contributed by atoms with Gasteiger partial charge >= 0.3 is 5.97 Å². The number of aryl methyl sites for hydroxylation is 1. The van der Waals surface area contributed by atoms with E-state index in [4.69, 9.17) is 4.74 Å². The second-order valence-corrected chi connectivity index (χ2v) is 4.19. The van der Waals surface area contributed by atoms with Gasteiger partial charge in [-0.15, -0.1) is 0 Å². The SMILES string of the molecule is CC(=O)OC(C)C(CCc1ccccc1)[N+](=O)[O-]. The van der Waals surface area contributed by atoms with Crippen molar-refractivity contribution < 1.29 is 14.5 Å². The quantitative estimate of drug-likeness (QED) is 0.441. The van der Waals surface area contributed by atoms with E-state index in [0.29, 0.717) is 12.8 Å². The van der Waals surface area contributed by atoms with E-state index in [-0.39, 0.29) is 4.92 Å². The maximum atomic E-state index is 11.0. The van der Waals surface area contributed by atoms with Gasteiger partial charge in [-0.1, -0.05) is 30.3 Å². The first kappa shape index (κ1) is 14.2. The number of carbonyl (C=O) groups is 1. The first-order valence-corrected chi connectivity index (χ1v) is 5.85. The fourth-order valence-corrected chi connectivity index (χ4v) is 1.81. The first-order chi connectivity index (χ1) is 8.50. The monoisotopic (exact) mass is 251 g/mol. The lowest BCUT2D eigenvalue weighted by Gasteiger charge is -2.16. The van der Waals surface area contributed by atoms with Gasteiger partial charge in [0.15, 0.2) is 6.10 Å². The molecule has 1 rings (SSSR count). The molecule has 2 unspecified atom stereocenters. The molecule has 0 aromatic heterocycles. The van der Waals surface area contributed by atoms with Crippen LogP contribution in [0.25, 0.3) is 0 Å². The van der Waals surface area contributed by atoms with Gasteiger partial charge in [0.25, 0.3) is 0 Å². The minimum absolute atomic E-state index is 0.353. The highest BCUT2D eigenvalue weighted by molar-refractivity contribution is 5.66. The molecule has 0 N–H and O–H groups in total. The second-order valence-electron chi connectivity index (χ2n) is 4.19. The molecular formula is C13H17NO4. The van der Waals surface area contributed by atoms with Crippen molar-refractivity contribution in [3.8, 4) is 0 Å². The van der Waals surface area contributed by atoms with Gasteiger partial charge in [-0.2, -0.15) is 0 Å². The van der Waals surface area contributed by atoms with Gasteiger partial charge in [0.2, 0.25) is 6.04 Å². The Bertz CT molecular complexity index is 405. The summed E-state index contributed by atoms with van der Waals surface area (Å²) in [5, 5.41) is 11.0. The topological polar surface area (TPSA) is 69.4 Å². The fourth-order valence-electron chi connectivity index (χ4n) is 1.81. The van der Waals surface area contributed by atoms with Crippen LogP contribution in [0, 0.1) is 10.1 Å². The third-order valence-corrected chi connectivity index (χ3v) is 2.74. The Morgan fingerprint density at radius 2 is 2.00 bits per heavy atom. The lowest BCUT2D eigenvalue weighted by atomic mass is 10.0. The van der Waals surface area contributed by atoms with Crippen molar-refractivity contribution in [2.45, 2.75) is 38.8 Å². The summed E-state index contributed by atoms with van der Waals surface area (Å²) >= 11 is 0. The van der Waals surface area contributed by atoms with Gasteiger partial charge in [-0.05, 0) is 18.9 Å². The Morgan fingerprint density at radius 1 is 1.39 bits per heavy atom. The van der Waals surface area contributed by atoms with E-state index >= 15 is 0 Å². The maximum Gasteiger partial charge on any atom is 0.303 e. The number of esters is 1. The standard InChI is InChI=1S/C13H17NO4/c1-10(18-11(2)15)13(14(16)17)9-8-12-6-4-3-5-7-12/h3-7,10,13H,8-9H2,1-2H3. The van der Waals surface area contributed by atoms with Crippen molar-refractivity contribution in [1.82, 2.24) is 0 Å². The predicted molar refractivity (Wildman–Crippen MR) is 66.8 cm³/mol. The van der Waals surface area contributed by atoms with E-state index in [2.05, 4.69) is 0 Å². The summed E-state index contributed by atoms with van der Waals surface area (Å²) < 4.78 is 4.88. The maximum absolute atomic E-state index is 11.0. The Morgan fingerprint density at radius 3 is 2.50 bits per heavy atom. The molecular weight excluding hydrogens is 234 g/mol. The molecule has 0 aliphatic heterocycles. The zero-order valence-corrected chi connectivity index (χ0v) is 10.5. The molecule has 0 aliphatic rings. The van der Waals surface area contributed by atoms with E-state index in [9.17, 15) is 14.9 Å². The van der Waals surface area contributed by atoms with Crippen LogP contribution in [0.5, 0.6) is 0 Å². The Hall–Kier alpha value is -1.91. The van der Waals surface area contributed by atoms with Crippen LogP contribution in [-0.4, -0.2) is 23.0 Å². The molecule has 0 saturated heterocycles. The number of hydrogen-bond donors (Lipinski definition) is 0. The van der Waals surface area contributed by atoms with Gasteiger partial charge in [-0.25, -0.2) is 0 Å². The van der Waals surface area contributed by atoms with Crippen molar-refractivity contribution in [3.05, 3.63) is 46.0 Å². The summed E-state index contributed by atoms with van der Waals surface area (Å²) in [4.78, 5) is 21.4. The predicted octanol–water partition coefficient (Wildman–Crippen LogP) is 2.22. The zero-order valence-electron chi connectivity index (χ0n) is 10.5. The largest absolute Gasteiger partial charge is 0.456 e. The molecule has 0 heterocycles. The molecule has 18 heavy (non-hydrogen) atoms. The molecule has 98 valence electrons. The highest BCUT2D eigenvalue weighted by atomic mass is 16.6. The normalized spacial score (nSPS) is 13.7. The van der Waals surface area contributed by atoms with Crippen molar-refractivity contribution in [1.29, 1.82) is 0 Å². The molecule has 5 nitrogen and oxygen atoms in total. The van der Waals surface area contributed by atoms with Gasteiger partial charge < -0.3 is 4.74 Å². The summed E-state index contributed by atoms with van der Waals surface area (Å²) in [7, 11) is 0. The Labute approximate surface area is 106 Å². The first-order valence-electron chi connectivity index (χ1n) is 5.85. The third-order valence-electron chi connectivity index (χ3n) is 2.74. The fraction of sp³-hybridized carbons (Fsp3) is 0.462. The van der Waals surface area contributed by atoms with Gasteiger partial charge in [0.1, 0.15) is 0 Å². The third kappa shape index (κ3) is 4.53. The van der Waals surface area contributed by atoms with Gasteiger partial charge in [-0.3, -0.25) is 14.9 Å². The number of benzene rings is 1. The average Bonchev–Trinajstić information content (AvgIpc) is 2.29. The zero-order chi connectivity index (χ0) is 13.5. The lowest BCUT2D eigenvalue weighted by molar-refractivity contribution is -0.533. The number of ether oxygens (including phenoxy) is 1. The number of nitrogens with zero attached hydrogens (tertiary/aromatic N) is 1. The summed E-state index contributed by atoms with van der Waals surface area (Å²) in [5.74, 6) is -0.492. The van der Waals surface area contributed by atoms with Crippen LogP contribution in [0.15, 0.2) is 30.3 Å². The smallest absolute Gasteiger partial charge is 0.303 e. The van der Waals surface area contributed by atoms with Crippen molar-refractivity contribution in [2.75, 3.05) is 0 Å². The molecule has 2 atom stereocenters. The summed E-state index contributed by atoms with van der Waals surface area (Å²) in [5.41, 5.74) is 1.04. The van der Waals surface area contributed by atoms with Crippen LogP contribution >= 0.6 is 0 Å². The van der Waals surface area contributed by atoms with E-state index in [1.54, 1.807) is 6.92 Å². The minimum Gasteiger partial charge on any atom is -0.456 e. The molecule has 0 spiro atoms. The Kier molecular flexibility index (Phi) is 5.30. The number of rotatable bonds is 6. The van der Waals surface area contributed by atoms with E-state index in [1.807, 2.05) is 30.3 Å². The number of hydrogen-bond acceptors (Lipinski definition) is 4. The van der Waals surface area contributed by atoms with Crippen LogP contribution in [0.3, 0.4) is 0 Å². The van der Waals surface area contributed by atoms with Gasteiger partial charge in [0, 0.05) is 18.3 Å². The molecule has 0 fully saturated rings. The lowest BCUT2D eigenvalue weighted by Crippen LogP contribution is -2.35. The van der Waals surface area contributed by atoms with E-state index < -0.39 is 18.1 Å². The second kappa shape index (κ2) is 6.74. The minimum atomic E-state index is -0.867. The molecule has 1 aromatic rings. The van der Waals surface area contributed by atoms with E-state index in [1.165, 1.54) is 6.92 Å². The number of nitro groups is 1. The number of carbonyl (C=O) groups excluding carboxylic acids is 1. The van der Waals surface area contributed by atoms with Crippen molar-refractivity contribution in [3.63, 3.8) is 0 Å². The van der Waals surface area contributed by atoms with Crippen molar-refractivity contribution in [2.24, 2.45) is 0 Å². The molecule has 0 aliphatic carbocycles.